The standard InChI is InChI=1S/C17H23NO/c1-11-7-12(2)9-13(8-11)17(18)15-10-19-16-6-4-3-5-14(15)16/h3-6,10-13,17H,7-9,18H2,1-2H3. The van der Waals surface area contributed by atoms with Crippen LogP contribution in [0.2, 0.25) is 0 Å². The minimum Gasteiger partial charge on any atom is -0.464 e. The first kappa shape index (κ1) is 12.7. The van der Waals surface area contributed by atoms with E-state index in [4.69, 9.17) is 10.2 Å². The SMILES string of the molecule is CC1CC(C)CC(C(N)c2coc3ccccc23)C1. The summed E-state index contributed by atoms with van der Waals surface area (Å²) in [6.07, 6.45) is 5.69. The van der Waals surface area contributed by atoms with E-state index in [1.807, 2.05) is 18.4 Å². The van der Waals surface area contributed by atoms with Gasteiger partial charge in [-0.2, -0.15) is 0 Å². The number of furan rings is 1. The fraction of sp³-hybridized carbons (Fsp3) is 0.529. The highest BCUT2D eigenvalue weighted by Gasteiger charge is 2.30. The Bertz CT molecular complexity index is 549. The molecular formula is C17H23NO. The van der Waals surface area contributed by atoms with Crippen molar-refractivity contribution in [1.29, 1.82) is 0 Å². The molecule has 1 aliphatic rings. The Hall–Kier alpha value is -1.28. The lowest BCUT2D eigenvalue weighted by molar-refractivity contribution is 0.193. The minimum atomic E-state index is 0.105. The first-order chi connectivity index (χ1) is 9.15. The molecule has 2 N–H and O–H groups in total. The number of hydrogen-bond acceptors (Lipinski definition) is 2. The van der Waals surface area contributed by atoms with Gasteiger partial charge in [0.25, 0.3) is 0 Å². The van der Waals surface area contributed by atoms with Crippen molar-refractivity contribution < 1.29 is 4.42 Å². The van der Waals surface area contributed by atoms with Gasteiger partial charge in [-0.25, -0.2) is 0 Å². The van der Waals surface area contributed by atoms with Crippen LogP contribution in [0, 0.1) is 17.8 Å². The van der Waals surface area contributed by atoms with Crippen LogP contribution in [0.15, 0.2) is 34.9 Å². The van der Waals surface area contributed by atoms with Crippen LogP contribution in [-0.2, 0) is 0 Å². The number of fused-ring (bicyclic) bond motifs is 1. The maximum absolute atomic E-state index is 6.54. The third kappa shape index (κ3) is 2.42. The summed E-state index contributed by atoms with van der Waals surface area (Å²) in [5, 5.41) is 1.18. The van der Waals surface area contributed by atoms with Crippen LogP contribution in [0.4, 0.5) is 0 Å². The third-order valence-electron chi connectivity index (χ3n) is 4.59. The molecule has 1 saturated carbocycles. The van der Waals surface area contributed by atoms with Crippen molar-refractivity contribution in [2.75, 3.05) is 0 Å². The van der Waals surface area contributed by atoms with E-state index < -0.39 is 0 Å². The van der Waals surface area contributed by atoms with E-state index >= 15 is 0 Å². The average molecular weight is 257 g/mol. The lowest BCUT2D eigenvalue weighted by Gasteiger charge is -2.34. The molecule has 2 heteroatoms. The van der Waals surface area contributed by atoms with E-state index in [-0.39, 0.29) is 6.04 Å². The summed E-state index contributed by atoms with van der Waals surface area (Å²) in [4.78, 5) is 0. The van der Waals surface area contributed by atoms with Gasteiger partial charge in [0.1, 0.15) is 5.58 Å². The highest BCUT2D eigenvalue weighted by Crippen LogP contribution is 2.40. The average Bonchev–Trinajstić information content (AvgIpc) is 2.80. The smallest absolute Gasteiger partial charge is 0.134 e. The van der Waals surface area contributed by atoms with Crippen LogP contribution in [-0.4, -0.2) is 0 Å². The fourth-order valence-corrected chi connectivity index (χ4v) is 3.81. The molecule has 0 spiro atoms. The van der Waals surface area contributed by atoms with Crippen LogP contribution >= 0.6 is 0 Å². The molecule has 1 heterocycles. The molecule has 2 nitrogen and oxygen atoms in total. The second-order valence-electron chi connectivity index (χ2n) is 6.39. The van der Waals surface area contributed by atoms with E-state index in [0.717, 1.165) is 17.4 Å². The van der Waals surface area contributed by atoms with Crippen molar-refractivity contribution in [3.8, 4) is 0 Å². The zero-order valence-corrected chi connectivity index (χ0v) is 11.8. The zero-order chi connectivity index (χ0) is 13.4. The van der Waals surface area contributed by atoms with Crippen LogP contribution in [0.3, 0.4) is 0 Å². The second kappa shape index (κ2) is 5.01. The Morgan fingerprint density at radius 2 is 1.79 bits per heavy atom. The highest BCUT2D eigenvalue weighted by atomic mass is 16.3. The molecule has 102 valence electrons. The highest BCUT2D eigenvalue weighted by molar-refractivity contribution is 5.81. The number of rotatable bonds is 2. The summed E-state index contributed by atoms with van der Waals surface area (Å²) in [6, 6.07) is 8.29. The second-order valence-corrected chi connectivity index (χ2v) is 6.39. The van der Waals surface area contributed by atoms with Crippen LogP contribution in [0.5, 0.6) is 0 Å². The maximum atomic E-state index is 6.54. The molecule has 1 aliphatic carbocycles. The summed E-state index contributed by atoms with van der Waals surface area (Å²) in [5.41, 5.74) is 8.68. The predicted molar refractivity (Wildman–Crippen MR) is 78.8 cm³/mol. The molecule has 3 atom stereocenters. The fourth-order valence-electron chi connectivity index (χ4n) is 3.81. The van der Waals surface area contributed by atoms with Gasteiger partial charge in [0.2, 0.25) is 0 Å². The first-order valence-corrected chi connectivity index (χ1v) is 7.37. The molecule has 0 radical (unpaired) electrons. The van der Waals surface area contributed by atoms with Gasteiger partial charge in [0.05, 0.1) is 6.26 Å². The molecule has 3 unspecified atom stereocenters. The van der Waals surface area contributed by atoms with Crippen molar-refractivity contribution in [2.45, 2.75) is 39.2 Å². The van der Waals surface area contributed by atoms with Gasteiger partial charge in [0, 0.05) is 17.0 Å². The van der Waals surface area contributed by atoms with Crippen LogP contribution in [0.25, 0.3) is 11.0 Å². The molecule has 0 aliphatic heterocycles. The Kier molecular flexibility index (Phi) is 3.36. The Balaban J connectivity index is 1.89. The number of benzene rings is 1. The number of para-hydroxylation sites is 1. The Labute approximate surface area is 115 Å². The minimum absolute atomic E-state index is 0.105. The van der Waals surface area contributed by atoms with E-state index in [1.165, 1.54) is 30.2 Å². The van der Waals surface area contributed by atoms with Gasteiger partial charge >= 0.3 is 0 Å². The van der Waals surface area contributed by atoms with Crippen molar-refractivity contribution >= 4 is 11.0 Å². The van der Waals surface area contributed by atoms with Crippen molar-refractivity contribution in [1.82, 2.24) is 0 Å². The zero-order valence-electron chi connectivity index (χ0n) is 11.8. The van der Waals surface area contributed by atoms with Gasteiger partial charge in [-0.05, 0) is 43.1 Å². The van der Waals surface area contributed by atoms with Gasteiger partial charge in [-0.15, -0.1) is 0 Å². The summed E-state index contributed by atoms with van der Waals surface area (Å²) >= 11 is 0. The topological polar surface area (TPSA) is 39.2 Å². The predicted octanol–water partition coefficient (Wildman–Crippen LogP) is 4.50. The lowest BCUT2D eigenvalue weighted by atomic mass is 9.72. The van der Waals surface area contributed by atoms with Gasteiger partial charge in [-0.1, -0.05) is 32.0 Å². The lowest BCUT2D eigenvalue weighted by Crippen LogP contribution is -2.29. The molecule has 1 aromatic carbocycles. The number of hydrogen-bond donors (Lipinski definition) is 1. The van der Waals surface area contributed by atoms with Gasteiger partial charge in [0.15, 0.2) is 0 Å². The van der Waals surface area contributed by atoms with Crippen molar-refractivity contribution in [3.05, 3.63) is 36.1 Å². The van der Waals surface area contributed by atoms with E-state index in [2.05, 4.69) is 26.0 Å². The summed E-state index contributed by atoms with van der Waals surface area (Å²) in [5.74, 6) is 2.16. The maximum Gasteiger partial charge on any atom is 0.134 e. The third-order valence-corrected chi connectivity index (χ3v) is 4.59. The van der Waals surface area contributed by atoms with E-state index in [0.29, 0.717) is 5.92 Å². The van der Waals surface area contributed by atoms with Crippen molar-refractivity contribution in [3.63, 3.8) is 0 Å². The molecule has 0 bridgehead atoms. The normalized spacial score (nSPS) is 29.5. The molecule has 1 fully saturated rings. The largest absolute Gasteiger partial charge is 0.464 e. The van der Waals surface area contributed by atoms with Crippen LogP contribution < -0.4 is 5.73 Å². The van der Waals surface area contributed by atoms with E-state index in [1.54, 1.807) is 0 Å². The molecular weight excluding hydrogens is 234 g/mol. The molecule has 3 rings (SSSR count). The summed E-state index contributed by atoms with van der Waals surface area (Å²) in [7, 11) is 0. The monoisotopic (exact) mass is 257 g/mol. The van der Waals surface area contributed by atoms with Crippen molar-refractivity contribution in [2.24, 2.45) is 23.5 Å². The number of nitrogens with two attached hydrogens (primary N) is 1. The summed E-state index contributed by atoms with van der Waals surface area (Å²) < 4.78 is 5.63. The Morgan fingerprint density at radius 1 is 1.11 bits per heavy atom. The summed E-state index contributed by atoms with van der Waals surface area (Å²) in [6.45, 7) is 4.70. The molecule has 0 amide bonds. The van der Waals surface area contributed by atoms with Crippen LogP contribution in [0.1, 0.15) is 44.7 Å². The molecule has 2 aromatic rings. The van der Waals surface area contributed by atoms with Gasteiger partial charge in [-0.3, -0.25) is 0 Å². The quantitative estimate of drug-likeness (QED) is 0.860. The Morgan fingerprint density at radius 3 is 2.53 bits per heavy atom. The molecule has 0 saturated heterocycles. The van der Waals surface area contributed by atoms with Gasteiger partial charge < -0.3 is 10.2 Å². The first-order valence-electron chi connectivity index (χ1n) is 7.37. The molecule has 19 heavy (non-hydrogen) atoms. The van der Waals surface area contributed by atoms with E-state index in [9.17, 15) is 0 Å². The molecule has 1 aromatic heterocycles.